The molecule has 0 spiro atoms. The SMILES string of the molecule is O=C(c1ccncc1)N(N=Cc1cn[nH]c1-c1ccc(Cl)cc1)C(=O)c1ccc(F)cc1. The van der Waals surface area contributed by atoms with Gasteiger partial charge in [0.05, 0.1) is 18.1 Å². The Bertz CT molecular complexity index is 1270. The highest BCUT2D eigenvalue weighted by atomic mass is 35.5. The molecule has 0 saturated heterocycles. The van der Waals surface area contributed by atoms with Crippen molar-refractivity contribution in [2.45, 2.75) is 0 Å². The van der Waals surface area contributed by atoms with Crippen LogP contribution in [-0.4, -0.2) is 38.2 Å². The van der Waals surface area contributed by atoms with Crippen LogP contribution in [0.1, 0.15) is 26.3 Å². The summed E-state index contributed by atoms with van der Waals surface area (Å²) in [6.07, 6.45) is 5.75. The van der Waals surface area contributed by atoms with Crippen LogP contribution in [0, 0.1) is 5.82 Å². The summed E-state index contributed by atoms with van der Waals surface area (Å²) in [6, 6.07) is 14.9. The Hall–Kier alpha value is -4.17. The van der Waals surface area contributed by atoms with Crippen molar-refractivity contribution >= 4 is 29.6 Å². The van der Waals surface area contributed by atoms with E-state index in [0.717, 1.165) is 22.7 Å². The number of H-pyrrole nitrogens is 1. The number of benzene rings is 2. The number of pyridine rings is 1. The van der Waals surface area contributed by atoms with Crippen molar-refractivity contribution in [3.63, 3.8) is 0 Å². The summed E-state index contributed by atoms with van der Waals surface area (Å²) in [7, 11) is 0. The van der Waals surface area contributed by atoms with Gasteiger partial charge in [0, 0.05) is 39.7 Å². The fourth-order valence-electron chi connectivity index (χ4n) is 2.89. The molecule has 7 nitrogen and oxygen atoms in total. The van der Waals surface area contributed by atoms with E-state index in [1.54, 1.807) is 24.3 Å². The molecule has 2 aromatic heterocycles. The summed E-state index contributed by atoms with van der Waals surface area (Å²) in [5.41, 5.74) is 2.31. The minimum atomic E-state index is -0.709. The molecular formula is C23H15ClFN5O2. The highest BCUT2D eigenvalue weighted by Crippen LogP contribution is 2.22. The largest absolute Gasteiger partial charge is 0.281 e. The van der Waals surface area contributed by atoms with E-state index < -0.39 is 17.6 Å². The van der Waals surface area contributed by atoms with Gasteiger partial charge in [-0.25, -0.2) is 4.39 Å². The lowest BCUT2D eigenvalue weighted by atomic mass is 10.1. The zero-order valence-corrected chi connectivity index (χ0v) is 17.2. The lowest BCUT2D eigenvalue weighted by Crippen LogP contribution is -2.32. The van der Waals surface area contributed by atoms with Gasteiger partial charge >= 0.3 is 0 Å². The molecule has 0 aliphatic heterocycles. The van der Waals surface area contributed by atoms with Gasteiger partial charge in [-0.2, -0.15) is 15.2 Å². The van der Waals surface area contributed by atoms with Crippen molar-refractivity contribution < 1.29 is 14.0 Å². The standard InChI is InChI=1S/C23H15ClFN5O2/c24-19-5-1-15(2-6-19)21-18(13-27-29-21)14-28-30(23(32)17-9-11-26-12-10-17)22(31)16-3-7-20(25)8-4-16/h1-14H,(H,27,29). The third-order valence-electron chi connectivity index (χ3n) is 4.52. The second-order valence-corrected chi connectivity index (χ2v) is 7.05. The van der Waals surface area contributed by atoms with Crippen molar-refractivity contribution in [3.05, 3.63) is 107 Å². The summed E-state index contributed by atoms with van der Waals surface area (Å²) in [5, 5.41) is 12.4. The Balaban J connectivity index is 1.70. The summed E-state index contributed by atoms with van der Waals surface area (Å²) >= 11 is 5.95. The van der Waals surface area contributed by atoms with Crippen LogP contribution < -0.4 is 0 Å². The van der Waals surface area contributed by atoms with E-state index in [2.05, 4.69) is 20.3 Å². The highest BCUT2D eigenvalue weighted by molar-refractivity contribution is 6.30. The zero-order valence-electron chi connectivity index (χ0n) is 16.4. The fourth-order valence-corrected chi connectivity index (χ4v) is 3.02. The minimum Gasteiger partial charge on any atom is -0.277 e. The molecule has 4 aromatic rings. The first-order valence-electron chi connectivity index (χ1n) is 9.40. The van der Waals surface area contributed by atoms with Crippen LogP contribution in [-0.2, 0) is 0 Å². The van der Waals surface area contributed by atoms with Gasteiger partial charge < -0.3 is 0 Å². The minimum absolute atomic E-state index is 0.107. The number of aromatic amines is 1. The highest BCUT2D eigenvalue weighted by Gasteiger charge is 2.24. The number of nitrogens with zero attached hydrogens (tertiary/aromatic N) is 4. The van der Waals surface area contributed by atoms with Crippen LogP contribution in [0.3, 0.4) is 0 Å². The van der Waals surface area contributed by atoms with E-state index in [1.807, 2.05) is 0 Å². The quantitative estimate of drug-likeness (QED) is 0.275. The zero-order chi connectivity index (χ0) is 22.5. The van der Waals surface area contributed by atoms with Crippen molar-refractivity contribution in [1.82, 2.24) is 20.2 Å². The Morgan fingerprint density at radius 3 is 2.22 bits per heavy atom. The molecule has 0 unspecified atom stereocenters. The number of hydrogen-bond donors (Lipinski definition) is 1. The number of aromatic nitrogens is 3. The molecule has 2 heterocycles. The lowest BCUT2D eigenvalue weighted by Gasteiger charge is -2.15. The monoisotopic (exact) mass is 447 g/mol. The second kappa shape index (κ2) is 9.32. The van der Waals surface area contributed by atoms with Gasteiger partial charge in [0.15, 0.2) is 0 Å². The van der Waals surface area contributed by atoms with Gasteiger partial charge in [-0.15, -0.1) is 0 Å². The van der Waals surface area contributed by atoms with Gasteiger partial charge in [-0.1, -0.05) is 23.7 Å². The number of carbonyl (C=O) groups is 2. The molecule has 4 rings (SSSR count). The van der Waals surface area contributed by atoms with Gasteiger partial charge in [0.25, 0.3) is 11.8 Å². The van der Waals surface area contributed by atoms with Gasteiger partial charge in [-0.3, -0.25) is 19.7 Å². The molecular weight excluding hydrogens is 433 g/mol. The molecule has 9 heteroatoms. The summed E-state index contributed by atoms with van der Waals surface area (Å²) in [4.78, 5) is 29.9. The van der Waals surface area contributed by atoms with Gasteiger partial charge in [0.1, 0.15) is 5.82 Å². The molecule has 0 bridgehead atoms. The molecule has 0 atom stereocenters. The number of rotatable bonds is 5. The fraction of sp³-hybridized carbons (Fsp3) is 0. The predicted octanol–water partition coefficient (Wildman–Crippen LogP) is 4.58. The first kappa shape index (κ1) is 21.1. The van der Waals surface area contributed by atoms with Crippen molar-refractivity contribution in [3.8, 4) is 11.3 Å². The number of nitrogens with one attached hydrogen (secondary N) is 1. The molecule has 2 aromatic carbocycles. The van der Waals surface area contributed by atoms with E-state index in [0.29, 0.717) is 16.3 Å². The van der Waals surface area contributed by atoms with Crippen LogP contribution in [0.15, 0.2) is 84.4 Å². The average Bonchev–Trinajstić information content (AvgIpc) is 3.29. The Kier molecular flexibility index (Phi) is 6.14. The van der Waals surface area contributed by atoms with E-state index in [-0.39, 0.29) is 11.1 Å². The van der Waals surface area contributed by atoms with Crippen molar-refractivity contribution in [2.75, 3.05) is 0 Å². The van der Waals surface area contributed by atoms with Crippen LogP contribution in [0.5, 0.6) is 0 Å². The maximum atomic E-state index is 13.3. The molecule has 1 N–H and O–H groups in total. The maximum Gasteiger partial charge on any atom is 0.281 e. The van der Waals surface area contributed by atoms with Crippen LogP contribution >= 0.6 is 11.6 Å². The van der Waals surface area contributed by atoms with Crippen LogP contribution in [0.2, 0.25) is 5.02 Å². The van der Waals surface area contributed by atoms with Crippen LogP contribution in [0.4, 0.5) is 4.39 Å². The van der Waals surface area contributed by atoms with Gasteiger partial charge in [0.2, 0.25) is 0 Å². The molecule has 32 heavy (non-hydrogen) atoms. The third-order valence-corrected chi connectivity index (χ3v) is 4.77. The molecule has 158 valence electrons. The molecule has 0 fully saturated rings. The van der Waals surface area contributed by atoms with Crippen LogP contribution in [0.25, 0.3) is 11.3 Å². The van der Waals surface area contributed by atoms with E-state index in [1.165, 1.54) is 49.1 Å². The molecule has 0 aliphatic carbocycles. The topological polar surface area (TPSA) is 91.3 Å². The van der Waals surface area contributed by atoms with E-state index in [9.17, 15) is 14.0 Å². The molecule has 2 amide bonds. The summed E-state index contributed by atoms with van der Waals surface area (Å²) in [5.74, 6) is -1.86. The number of hydrazone groups is 1. The smallest absolute Gasteiger partial charge is 0.277 e. The molecule has 0 radical (unpaired) electrons. The van der Waals surface area contributed by atoms with E-state index >= 15 is 0 Å². The Morgan fingerprint density at radius 1 is 0.938 bits per heavy atom. The predicted molar refractivity (Wildman–Crippen MR) is 118 cm³/mol. The van der Waals surface area contributed by atoms with Crippen molar-refractivity contribution in [2.24, 2.45) is 5.10 Å². The number of amides is 2. The maximum absolute atomic E-state index is 13.3. The Morgan fingerprint density at radius 2 is 1.56 bits per heavy atom. The first-order valence-corrected chi connectivity index (χ1v) is 9.78. The van der Waals surface area contributed by atoms with Gasteiger partial charge in [-0.05, 0) is 48.5 Å². The number of imide groups is 1. The third kappa shape index (κ3) is 4.60. The average molecular weight is 448 g/mol. The first-order chi connectivity index (χ1) is 15.5. The van der Waals surface area contributed by atoms with Crippen molar-refractivity contribution in [1.29, 1.82) is 0 Å². The second-order valence-electron chi connectivity index (χ2n) is 6.62. The molecule has 0 saturated carbocycles. The summed E-state index contributed by atoms with van der Waals surface area (Å²) < 4.78 is 13.3. The Labute approximate surface area is 187 Å². The van der Waals surface area contributed by atoms with E-state index in [4.69, 9.17) is 11.6 Å². The summed E-state index contributed by atoms with van der Waals surface area (Å²) in [6.45, 7) is 0. The normalized spacial score (nSPS) is 10.9. The number of hydrogen-bond acceptors (Lipinski definition) is 5. The number of halogens is 2. The lowest BCUT2D eigenvalue weighted by molar-refractivity contribution is 0.0621. The number of carbonyl (C=O) groups excluding carboxylic acids is 2. The molecule has 0 aliphatic rings.